The second-order valence-corrected chi connectivity index (χ2v) is 10.5. The van der Waals surface area contributed by atoms with Crippen LogP contribution in [0.1, 0.15) is 52.9 Å². The fourth-order valence-electron chi connectivity index (χ4n) is 5.36. The third-order valence-corrected chi connectivity index (χ3v) is 7.84. The lowest BCUT2D eigenvalue weighted by atomic mass is 9.49. The van der Waals surface area contributed by atoms with Crippen molar-refractivity contribution in [3.63, 3.8) is 0 Å². The topological polar surface area (TPSA) is 101 Å². The molecular formula is C20H30F5NO6S. The molecule has 4 saturated carbocycles. The molecule has 0 aromatic rings. The van der Waals surface area contributed by atoms with E-state index in [0.717, 1.165) is 0 Å². The maximum atomic E-state index is 13.6. The van der Waals surface area contributed by atoms with Gasteiger partial charge in [0.15, 0.2) is 0 Å². The summed E-state index contributed by atoms with van der Waals surface area (Å²) in [6.45, 7) is 10.1. The molecule has 3 atom stereocenters. The van der Waals surface area contributed by atoms with E-state index in [1.54, 1.807) is 0 Å². The van der Waals surface area contributed by atoms with Crippen molar-refractivity contribution in [3.8, 4) is 0 Å². The normalized spacial score (nSPS) is 30.1. The van der Waals surface area contributed by atoms with E-state index >= 15 is 0 Å². The molecule has 0 amide bonds. The monoisotopic (exact) mass is 507 g/mol. The molecule has 3 unspecified atom stereocenters. The van der Waals surface area contributed by atoms with E-state index in [1.807, 2.05) is 0 Å². The van der Waals surface area contributed by atoms with Crippen molar-refractivity contribution in [2.24, 2.45) is 23.2 Å². The number of hydrogen-bond donors (Lipinski definition) is 1. The molecule has 33 heavy (non-hydrogen) atoms. The fraction of sp³-hybridized carbons (Fsp3) is 0.900. The van der Waals surface area contributed by atoms with Crippen LogP contribution in [0, 0.1) is 23.2 Å². The van der Waals surface area contributed by atoms with Gasteiger partial charge < -0.3 is 9.64 Å². The lowest BCUT2D eigenvalue weighted by molar-refractivity contribution is -0.265. The van der Waals surface area contributed by atoms with Crippen molar-refractivity contribution in [1.82, 2.24) is 4.90 Å². The van der Waals surface area contributed by atoms with E-state index in [9.17, 15) is 40.0 Å². The van der Waals surface area contributed by atoms with Crippen molar-refractivity contribution in [1.29, 1.82) is 0 Å². The Bertz CT molecular complexity index is 819. The van der Waals surface area contributed by atoms with Gasteiger partial charge in [-0.25, -0.2) is 0 Å². The predicted octanol–water partition coefficient (Wildman–Crippen LogP) is 3.68. The van der Waals surface area contributed by atoms with Gasteiger partial charge in [0.2, 0.25) is 0 Å². The second-order valence-electron chi connectivity index (χ2n) is 9.01. The number of ether oxygens (including phenoxy) is 1. The minimum Gasteiger partial charge on any atom is -0.444 e. The van der Waals surface area contributed by atoms with Gasteiger partial charge in [-0.3, -0.25) is 14.1 Å². The molecule has 0 saturated heterocycles. The number of esters is 1. The number of carbonyl (C=O) groups is 2. The number of hydrogen-bond acceptors (Lipinski definition) is 6. The van der Waals surface area contributed by atoms with Crippen LogP contribution >= 0.6 is 0 Å². The Hall–Kier alpha value is -1.34. The molecule has 1 N–H and O–H groups in total. The molecule has 0 aromatic carbocycles. The largest absolute Gasteiger partial charge is 0.444 e. The first-order chi connectivity index (χ1) is 15.0. The van der Waals surface area contributed by atoms with Crippen molar-refractivity contribution in [2.75, 3.05) is 19.6 Å². The number of halogens is 5. The quantitative estimate of drug-likeness (QED) is 0.319. The fourth-order valence-corrected chi connectivity index (χ4v) is 5.81. The first-order valence-corrected chi connectivity index (χ1v) is 12.3. The highest BCUT2D eigenvalue weighted by Gasteiger charge is 2.68. The van der Waals surface area contributed by atoms with E-state index in [4.69, 9.17) is 4.55 Å². The van der Waals surface area contributed by atoms with E-state index in [1.165, 1.54) is 19.6 Å². The summed E-state index contributed by atoms with van der Waals surface area (Å²) in [5.74, 6) is -2.83. The smallest absolute Gasteiger partial charge is 0.432 e. The van der Waals surface area contributed by atoms with Crippen LogP contribution in [0.15, 0.2) is 0 Å². The number of nitrogens with zero attached hydrogens (tertiary/aromatic N) is 1. The first-order valence-electron chi connectivity index (χ1n) is 10.9. The van der Waals surface area contributed by atoms with Gasteiger partial charge in [0.25, 0.3) is 6.10 Å². The molecule has 192 valence electrons. The van der Waals surface area contributed by atoms with E-state index < -0.39 is 50.9 Å². The van der Waals surface area contributed by atoms with Crippen molar-refractivity contribution in [2.45, 2.75) is 70.4 Å². The summed E-state index contributed by atoms with van der Waals surface area (Å²) in [6.07, 6.45) is -9.36. The van der Waals surface area contributed by atoms with E-state index in [0.29, 0.717) is 12.8 Å². The van der Waals surface area contributed by atoms with Crippen LogP contribution in [0.25, 0.3) is 0 Å². The Labute approximate surface area is 189 Å². The third-order valence-electron chi connectivity index (χ3n) is 6.94. The number of ketones is 1. The molecule has 13 heteroatoms. The van der Waals surface area contributed by atoms with Crippen LogP contribution in [0.3, 0.4) is 0 Å². The molecule has 0 spiro atoms. The van der Waals surface area contributed by atoms with Gasteiger partial charge in [-0.05, 0) is 57.7 Å². The van der Waals surface area contributed by atoms with Crippen LogP contribution in [0.5, 0.6) is 0 Å². The summed E-state index contributed by atoms with van der Waals surface area (Å²) in [5.41, 5.74) is -1.51. The summed E-state index contributed by atoms with van der Waals surface area (Å²) < 4.78 is 99.8. The molecule has 7 nitrogen and oxygen atoms in total. The van der Waals surface area contributed by atoms with Gasteiger partial charge in [0.1, 0.15) is 5.78 Å². The summed E-state index contributed by atoms with van der Waals surface area (Å²) in [6, 6.07) is 0. The highest BCUT2D eigenvalue weighted by Crippen LogP contribution is 2.59. The molecular weight excluding hydrogens is 477 g/mol. The molecule has 4 rings (SSSR count). The molecule has 4 aliphatic carbocycles. The Morgan fingerprint density at radius 3 is 1.85 bits per heavy atom. The Kier molecular flexibility index (Phi) is 8.22. The minimum absolute atomic E-state index is 0.0833. The average Bonchev–Trinajstić information content (AvgIpc) is 2.69. The van der Waals surface area contributed by atoms with Crippen LogP contribution in [0.2, 0.25) is 0 Å². The lowest BCUT2D eigenvalue weighted by Gasteiger charge is -2.54. The summed E-state index contributed by atoms with van der Waals surface area (Å²) in [7, 11) is -6.48. The van der Waals surface area contributed by atoms with Gasteiger partial charge in [0, 0.05) is 11.8 Å². The maximum absolute atomic E-state index is 13.6. The highest BCUT2D eigenvalue weighted by molar-refractivity contribution is 7.86. The number of carbonyl (C=O) groups excluding carboxylic acids is 2. The van der Waals surface area contributed by atoms with Gasteiger partial charge in [-0.2, -0.15) is 30.4 Å². The second kappa shape index (κ2) is 9.73. The Morgan fingerprint density at radius 1 is 1.06 bits per heavy atom. The van der Waals surface area contributed by atoms with Crippen LogP contribution in [-0.4, -0.2) is 66.8 Å². The number of alkyl halides is 5. The third kappa shape index (κ3) is 5.67. The zero-order valence-electron chi connectivity index (χ0n) is 18.7. The molecule has 0 aromatic heterocycles. The Morgan fingerprint density at radius 2 is 1.52 bits per heavy atom. The SMILES string of the molecule is CCN(CC)CC.O=C1C2CC3CC1CC(C(=O)OC(C(F)(F)F)C(F)(F)S(=O)(=O)O)(C3)C2. The van der Waals surface area contributed by atoms with Crippen molar-refractivity contribution >= 4 is 21.9 Å². The zero-order chi connectivity index (χ0) is 25.4. The van der Waals surface area contributed by atoms with E-state index in [-0.39, 0.29) is 31.0 Å². The minimum atomic E-state index is -6.48. The number of Topliss-reactive ketones (excluding diaryl/α,β-unsaturated/α-hetero) is 1. The number of rotatable bonds is 7. The summed E-state index contributed by atoms with van der Waals surface area (Å²) >= 11 is 0. The molecule has 0 radical (unpaired) electrons. The molecule has 4 fully saturated rings. The van der Waals surface area contributed by atoms with Crippen LogP contribution in [-0.2, 0) is 24.4 Å². The van der Waals surface area contributed by atoms with Gasteiger partial charge in [0.05, 0.1) is 5.41 Å². The van der Waals surface area contributed by atoms with Gasteiger partial charge in [-0.1, -0.05) is 20.8 Å². The van der Waals surface area contributed by atoms with E-state index in [2.05, 4.69) is 30.4 Å². The predicted molar refractivity (Wildman–Crippen MR) is 107 cm³/mol. The van der Waals surface area contributed by atoms with Gasteiger partial charge in [-0.15, -0.1) is 0 Å². The van der Waals surface area contributed by atoms with Crippen LogP contribution in [0.4, 0.5) is 22.0 Å². The standard InChI is InChI=1S/C14H15F5O6S.C6H15N/c15-13(16,17)10(14(18,19)26(22,23)24)25-11(21)12-3-6-1-7(4-12)9(20)8(2-6)5-12;1-4-7(5-2)6-3/h6-8,10H,1-5H2,(H,22,23,24);4-6H2,1-3H3. The lowest BCUT2D eigenvalue weighted by Crippen LogP contribution is -2.58. The summed E-state index contributed by atoms with van der Waals surface area (Å²) in [5, 5.41) is -5.75. The molecule has 4 bridgehead atoms. The Balaban J connectivity index is 0.000000479. The average molecular weight is 508 g/mol. The van der Waals surface area contributed by atoms with Gasteiger partial charge >= 0.3 is 27.5 Å². The van der Waals surface area contributed by atoms with Crippen LogP contribution < -0.4 is 0 Å². The first kappa shape index (κ1) is 27.9. The molecule has 0 aliphatic heterocycles. The molecule has 4 aliphatic rings. The highest BCUT2D eigenvalue weighted by atomic mass is 32.2. The van der Waals surface area contributed by atoms with Crippen molar-refractivity contribution in [3.05, 3.63) is 0 Å². The molecule has 0 heterocycles. The van der Waals surface area contributed by atoms with Crippen molar-refractivity contribution < 1.29 is 49.2 Å². The summed E-state index contributed by atoms with van der Waals surface area (Å²) in [4.78, 5) is 26.8. The zero-order valence-corrected chi connectivity index (χ0v) is 19.5. The maximum Gasteiger partial charge on any atom is 0.432 e.